The van der Waals surface area contributed by atoms with Gasteiger partial charge in [0.25, 0.3) is 0 Å². The number of hydrogen-bond donors (Lipinski definition) is 1. The van der Waals surface area contributed by atoms with Crippen LogP contribution in [0.4, 0.5) is 0 Å². The van der Waals surface area contributed by atoms with Crippen molar-refractivity contribution < 1.29 is 9.90 Å². The molecule has 2 aromatic rings. The summed E-state index contributed by atoms with van der Waals surface area (Å²) in [4.78, 5) is 24.3. The molecule has 1 aliphatic heterocycles. The molecule has 0 saturated heterocycles. The van der Waals surface area contributed by atoms with E-state index in [0.29, 0.717) is 11.3 Å². The molecule has 1 aliphatic rings. The average molecular weight is 273 g/mol. The van der Waals surface area contributed by atoms with Crippen molar-refractivity contribution >= 4 is 17.7 Å². The van der Waals surface area contributed by atoms with Crippen molar-refractivity contribution in [3.05, 3.63) is 51.8 Å². The van der Waals surface area contributed by atoms with Crippen LogP contribution in [0, 0.1) is 0 Å². The Bertz CT molecular complexity index is 749. The van der Waals surface area contributed by atoms with E-state index in [0.717, 1.165) is 16.2 Å². The van der Waals surface area contributed by atoms with E-state index in [2.05, 4.69) is 0 Å². The molecule has 1 aromatic carbocycles. The normalized spacial score (nSPS) is 12.7. The van der Waals surface area contributed by atoms with Gasteiger partial charge in [-0.2, -0.15) is 0 Å². The molecular formula is C14H11NO3S. The number of carboxylic acids is 1. The fraction of sp³-hybridized carbons (Fsp3) is 0.143. The Morgan fingerprint density at radius 1 is 1.37 bits per heavy atom. The molecule has 5 heteroatoms. The van der Waals surface area contributed by atoms with Crippen molar-refractivity contribution in [2.45, 2.75) is 10.6 Å². The highest BCUT2D eigenvalue weighted by Gasteiger charge is 2.23. The number of thioether (sulfide) groups is 1. The van der Waals surface area contributed by atoms with Gasteiger partial charge in [0.05, 0.1) is 5.69 Å². The fourth-order valence-electron chi connectivity index (χ4n) is 2.37. The van der Waals surface area contributed by atoms with Crippen LogP contribution < -0.4 is 5.43 Å². The number of aromatic nitrogens is 1. The lowest BCUT2D eigenvalue weighted by Gasteiger charge is -2.22. The summed E-state index contributed by atoms with van der Waals surface area (Å²) in [7, 11) is 1.69. The van der Waals surface area contributed by atoms with Crippen LogP contribution in [0.5, 0.6) is 0 Å². The van der Waals surface area contributed by atoms with Gasteiger partial charge < -0.3 is 9.67 Å². The van der Waals surface area contributed by atoms with Gasteiger partial charge in [0.15, 0.2) is 5.43 Å². The number of pyridine rings is 1. The van der Waals surface area contributed by atoms with Crippen molar-refractivity contribution in [1.82, 2.24) is 4.57 Å². The second kappa shape index (κ2) is 4.28. The van der Waals surface area contributed by atoms with Crippen molar-refractivity contribution in [3.63, 3.8) is 0 Å². The molecule has 0 spiro atoms. The lowest BCUT2D eigenvalue weighted by Crippen LogP contribution is -2.22. The van der Waals surface area contributed by atoms with Gasteiger partial charge in [0.1, 0.15) is 5.69 Å². The van der Waals surface area contributed by atoms with Crippen LogP contribution in [0.3, 0.4) is 0 Å². The van der Waals surface area contributed by atoms with Crippen LogP contribution in [0.15, 0.2) is 40.0 Å². The highest BCUT2D eigenvalue weighted by molar-refractivity contribution is 7.98. The van der Waals surface area contributed by atoms with Crippen molar-refractivity contribution in [1.29, 1.82) is 0 Å². The first kappa shape index (κ1) is 12.0. The topological polar surface area (TPSA) is 59.3 Å². The van der Waals surface area contributed by atoms with E-state index in [-0.39, 0.29) is 11.1 Å². The lowest BCUT2D eigenvalue weighted by molar-refractivity contribution is 0.0685. The monoisotopic (exact) mass is 273 g/mol. The minimum absolute atomic E-state index is 0.0189. The third-order valence-corrected chi connectivity index (χ3v) is 4.38. The molecule has 3 rings (SSSR count). The molecule has 0 unspecified atom stereocenters. The first-order valence-electron chi connectivity index (χ1n) is 5.78. The molecule has 1 aromatic heterocycles. The van der Waals surface area contributed by atoms with Crippen molar-refractivity contribution in [3.8, 4) is 11.3 Å². The highest BCUT2D eigenvalue weighted by atomic mass is 32.2. The van der Waals surface area contributed by atoms with E-state index in [1.807, 2.05) is 24.3 Å². The van der Waals surface area contributed by atoms with Crippen LogP contribution in [-0.4, -0.2) is 15.6 Å². The minimum Gasteiger partial charge on any atom is -0.477 e. The van der Waals surface area contributed by atoms with Crippen LogP contribution in [-0.2, 0) is 12.8 Å². The maximum atomic E-state index is 12.1. The van der Waals surface area contributed by atoms with E-state index < -0.39 is 5.97 Å². The second-order valence-corrected chi connectivity index (χ2v) is 5.39. The standard InChI is InChI=1S/C14H11NO3S/c1-15-10(14(17)18)6-11(16)9-7-19-12-5-3-2-4-8(12)13(9)15/h2-6H,7H2,1H3,(H,17,18). The van der Waals surface area contributed by atoms with E-state index in [1.165, 1.54) is 6.07 Å². The maximum Gasteiger partial charge on any atom is 0.352 e. The number of fused-ring (bicyclic) bond motifs is 3. The quantitative estimate of drug-likeness (QED) is 0.866. The maximum absolute atomic E-state index is 12.1. The summed E-state index contributed by atoms with van der Waals surface area (Å²) in [6.07, 6.45) is 0. The number of carbonyl (C=O) groups is 1. The zero-order valence-corrected chi connectivity index (χ0v) is 11.0. The summed E-state index contributed by atoms with van der Waals surface area (Å²) in [5.74, 6) is -0.503. The highest BCUT2D eigenvalue weighted by Crippen LogP contribution is 2.39. The first-order chi connectivity index (χ1) is 9.09. The molecule has 2 heterocycles. The zero-order chi connectivity index (χ0) is 13.6. The molecule has 96 valence electrons. The molecule has 1 N–H and O–H groups in total. The summed E-state index contributed by atoms with van der Waals surface area (Å²) >= 11 is 1.61. The third-order valence-electron chi connectivity index (χ3n) is 3.28. The molecule has 0 radical (unpaired) electrons. The first-order valence-corrected chi connectivity index (χ1v) is 6.76. The Morgan fingerprint density at radius 2 is 2.11 bits per heavy atom. The third kappa shape index (κ3) is 1.77. The van der Waals surface area contributed by atoms with Gasteiger partial charge in [-0.05, 0) is 6.07 Å². The van der Waals surface area contributed by atoms with Crippen molar-refractivity contribution in [2.24, 2.45) is 7.05 Å². The Hall–Kier alpha value is -2.01. The molecule has 19 heavy (non-hydrogen) atoms. The van der Waals surface area contributed by atoms with Crippen LogP contribution in [0.25, 0.3) is 11.3 Å². The number of benzene rings is 1. The van der Waals surface area contributed by atoms with Gasteiger partial charge in [-0.3, -0.25) is 4.79 Å². The molecule has 0 aliphatic carbocycles. The van der Waals surface area contributed by atoms with Gasteiger partial charge in [-0.25, -0.2) is 4.79 Å². The van der Waals surface area contributed by atoms with Gasteiger partial charge >= 0.3 is 5.97 Å². The SMILES string of the molecule is Cn1c(C(=O)O)cc(=O)c2c1-c1ccccc1SC2. The number of aromatic carboxylic acids is 1. The van der Waals surface area contributed by atoms with Gasteiger partial charge in [0, 0.05) is 34.9 Å². The molecule has 4 nitrogen and oxygen atoms in total. The molecule has 0 atom stereocenters. The molecule has 0 bridgehead atoms. The van der Waals surface area contributed by atoms with E-state index in [9.17, 15) is 14.7 Å². The largest absolute Gasteiger partial charge is 0.477 e. The molecular weight excluding hydrogens is 262 g/mol. The second-order valence-electron chi connectivity index (χ2n) is 4.37. The number of hydrogen-bond acceptors (Lipinski definition) is 3. The van der Waals surface area contributed by atoms with Crippen LogP contribution in [0.1, 0.15) is 16.1 Å². The fourth-order valence-corrected chi connectivity index (χ4v) is 3.45. The Balaban J connectivity index is 2.41. The van der Waals surface area contributed by atoms with Gasteiger partial charge in [0.2, 0.25) is 0 Å². The van der Waals surface area contributed by atoms with Crippen molar-refractivity contribution in [2.75, 3.05) is 0 Å². The summed E-state index contributed by atoms with van der Waals surface area (Å²) < 4.78 is 1.59. The lowest BCUT2D eigenvalue weighted by atomic mass is 10.0. The summed E-state index contributed by atoms with van der Waals surface area (Å²) in [6, 6.07) is 8.95. The predicted octanol–water partition coefficient (Wildman–Crippen LogP) is 2.36. The van der Waals surface area contributed by atoms with Gasteiger partial charge in [-0.15, -0.1) is 11.8 Å². The van der Waals surface area contributed by atoms with E-state index in [1.54, 1.807) is 23.4 Å². The summed E-state index contributed by atoms with van der Waals surface area (Å²) in [5.41, 5.74) is 2.14. The van der Waals surface area contributed by atoms with E-state index in [4.69, 9.17) is 0 Å². The molecule has 0 amide bonds. The van der Waals surface area contributed by atoms with Gasteiger partial charge in [-0.1, -0.05) is 18.2 Å². The summed E-state index contributed by atoms with van der Waals surface area (Å²) in [5, 5.41) is 9.17. The minimum atomic E-state index is -1.09. The predicted molar refractivity (Wildman–Crippen MR) is 73.6 cm³/mol. The zero-order valence-electron chi connectivity index (χ0n) is 10.2. The average Bonchev–Trinajstić information content (AvgIpc) is 2.41. The number of carboxylic acid groups (broad SMARTS) is 1. The Kier molecular flexibility index (Phi) is 2.71. The summed E-state index contributed by atoms with van der Waals surface area (Å²) in [6.45, 7) is 0. The number of nitrogens with zero attached hydrogens (tertiary/aromatic N) is 1. The number of rotatable bonds is 1. The molecule has 0 saturated carbocycles. The van der Waals surface area contributed by atoms with Crippen LogP contribution in [0.2, 0.25) is 0 Å². The van der Waals surface area contributed by atoms with Crippen LogP contribution >= 0.6 is 11.8 Å². The smallest absolute Gasteiger partial charge is 0.352 e. The molecule has 0 fully saturated rings. The Morgan fingerprint density at radius 3 is 2.84 bits per heavy atom. The Labute approximate surface area is 113 Å². The van der Waals surface area contributed by atoms with E-state index >= 15 is 0 Å².